The molecule has 0 amide bonds. The Morgan fingerprint density at radius 1 is 1.19 bits per heavy atom. The van der Waals surface area contributed by atoms with Gasteiger partial charge in [-0.2, -0.15) is 9.61 Å². The number of aromatic nitrogens is 4. The standard InChI is InChI=1S/C21H19N5O/c27-18-6-4-14-10-17(5-3-15(14)11-18)24-21-12-19(16-2-1-8-22-13-16)25-20-7-9-23-26(20)21/h1-2,4,6-9,12-13,17,24H,3,5,10-11H2. The van der Waals surface area contributed by atoms with Crippen LogP contribution in [0.2, 0.25) is 0 Å². The van der Waals surface area contributed by atoms with E-state index in [4.69, 9.17) is 4.98 Å². The van der Waals surface area contributed by atoms with E-state index in [9.17, 15) is 4.79 Å². The Bertz CT molecular complexity index is 1080. The van der Waals surface area contributed by atoms with E-state index in [1.807, 2.05) is 41.1 Å². The van der Waals surface area contributed by atoms with Gasteiger partial charge in [-0.25, -0.2) is 4.98 Å². The van der Waals surface area contributed by atoms with Gasteiger partial charge < -0.3 is 5.32 Å². The zero-order chi connectivity index (χ0) is 18.2. The number of rotatable bonds is 3. The third kappa shape index (κ3) is 3.03. The predicted molar refractivity (Wildman–Crippen MR) is 103 cm³/mol. The number of nitrogens with one attached hydrogen (secondary N) is 1. The third-order valence-electron chi connectivity index (χ3n) is 5.24. The summed E-state index contributed by atoms with van der Waals surface area (Å²) >= 11 is 0. The van der Waals surface area contributed by atoms with Gasteiger partial charge in [0.1, 0.15) is 5.82 Å². The maximum Gasteiger partial charge on any atom is 0.159 e. The van der Waals surface area contributed by atoms with E-state index in [1.54, 1.807) is 18.5 Å². The van der Waals surface area contributed by atoms with Crippen molar-refractivity contribution in [2.45, 2.75) is 31.7 Å². The second-order valence-electron chi connectivity index (χ2n) is 7.06. The van der Waals surface area contributed by atoms with Crippen molar-refractivity contribution in [3.63, 3.8) is 0 Å². The van der Waals surface area contributed by atoms with Crippen LogP contribution >= 0.6 is 0 Å². The van der Waals surface area contributed by atoms with E-state index < -0.39 is 0 Å². The van der Waals surface area contributed by atoms with Crippen LogP contribution in [0.15, 0.2) is 66.2 Å². The van der Waals surface area contributed by atoms with E-state index in [0.717, 1.165) is 42.0 Å². The van der Waals surface area contributed by atoms with Gasteiger partial charge in [0, 0.05) is 42.6 Å². The number of carbonyl (C=O) groups is 1. The van der Waals surface area contributed by atoms with Crippen LogP contribution in [0.3, 0.4) is 0 Å². The van der Waals surface area contributed by atoms with E-state index in [0.29, 0.717) is 12.5 Å². The Kier molecular flexibility index (Phi) is 3.81. The summed E-state index contributed by atoms with van der Waals surface area (Å²) < 4.78 is 1.84. The van der Waals surface area contributed by atoms with Crippen LogP contribution in [-0.4, -0.2) is 31.4 Å². The Morgan fingerprint density at radius 2 is 2.15 bits per heavy atom. The molecule has 0 saturated heterocycles. The van der Waals surface area contributed by atoms with Crippen LogP contribution in [0.4, 0.5) is 5.82 Å². The van der Waals surface area contributed by atoms with Crippen LogP contribution in [0.1, 0.15) is 25.7 Å². The lowest BCUT2D eigenvalue weighted by atomic mass is 9.83. The number of allylic oxidation sites excluding steroid dienone is 3. The van der Waals surface area contributed by atoms with Gasteiger partial charge in [-0.15, -0.1) is 0 Å². The normalized spacial score (nSPS) is 19.4. The minimum atomic E-state index is 0.216. The van der Waals surface area contributed by atoms with E-state index in [2.05, 4.69) is 15.4 Å². The largest absolute Gasteiger partial charge is 0.367 e. The zero-order valence-corrected chi connectivity index (χ0v) is 14.8. The molecule has 3 aromatic heterocycles. The Morgan fingerprint density at radius 3 is 3.04 bits per heavy atom. The maximum absolute atomic E-state index is 11.6. The molecule has 0 bridgehead atoms. The quantitative estimate of drug-likeness (QED) is 0.776. The van der Waals surface area contributed by atoms with Crippen molar-refractivity contribution < 1.29 is 4.79 Å². The second-order valence-corrected chi connectivity index (χ2v) is 7.06. The number of fused-ring (bicyclic) bond motifs is 1. The minimum Gasteiger partial charge on any atom is -0.367 e. The van der Waals surface area contributed by atoms with E-state index >= 15 is 0 Å². The number of hydrogen-bond donors (Lipinski definition) is 1. The highest BCUT2D eigenvalue weighted by molar-refractivity contribution is 5.93. The summed E-state index contributed by atoms with van der Waals surface area (Å²) in [5.74, 6) is 1.14. The summed E-state index contributed by atoms with van der Waals surface area (Å²) in [6.07, 6.45) is 12.5. The number of pyridine rings is 1. The van der Waals surface area contributed by atoms with Crippen LogP contribution < -0.4 is 5.32 Å². The molecule has 6 nitrogen and oxygen atoms in total. The van der Waals surface area contributed by atoms with Gasteiger partial charge in [-0.1, -0.05) is 11.6 Å². The van der Waals surface area contributed by atoms with E-state index in [-0.39, 0.29) is 5.78 Å². The Labute approximate surface area is 156 Å². The van der Waals surface area contributed by atoms with Gasteiger partial charge >= 0.3 is 0 Å². The molecule has 0 aromatic carbocycles. The second kappa shape index (κ2) is 6.46. The first kappa shape index (κ1) is 15.9. The van der Waals surface area contributed by atoms with Crippen LogP contribution in [-0.2, 0) is 4.79 Å². The third-order valence-corrected chi connectivity index (χ3v) is 5.24. The van der Waals surface area contributed by atoms with Gasteiger partial charge in [0.2, 0.25) is 0 Å². The Hall–Kier alpha value is -3.28. The van der Waals surface area contributed by atoms with Crippen molar-refractivity contribution in [3.8, 4) is 11.3 Å². The summed E-state index contributed by atoms with van der Waals surface area (Å²) in [4.78, 5) is 20.5. The number of hydrogen-bond acceptors (Lipinski definition) is 5. The fourth-order valence-corrected chi connectivity index (χ4v) is 3.88. The predicted octanol–water partition coefficient (Wildman–Crippen LogP) is 3.58. The first-order valence-electron chi connectivity index (χ1n) is 9.20. The summed E-state index contributed by atoms with van der Waals surface area (Å²) in [5, 5.41) is 8.07. The molecule has 3 aromatic rings. The molecule has 1 unspecified atom stereocenters. The van der Waals surface area contributed by atoms with Crippen molar-refractivity contribution in [2.24, 2.45) is 0 Å². The molecule has 0 spiro atoms. The van der Waals surface area contributed by atoms with Gasteiger partial charge in [-0.3, -0.25) is 9.78 Å². The molecule has 5 rings (SSSR count). The summed E-state index contributed by atoms with van der Waals surface area (Å²) in [6, 6.07) is 8.16. The molecule has 2 aliphatic carbocycles. The summed E-state index contributed by atoms with van der Waals surface area (Å²) in [5.41, 5.74) is 5.26. The lowest BCUT2D eigenvalue weighted by molar-refractivity contribution is -0.114. The molecular formula is C21H19N5O. The molecular weight excluding hydrogens is 338 g/mol. The molecule has 2 aliphatic rings. The van der Waals surface area contributed by atoms with Crippen LogP contribution in [0.5, 0.6) is 0 Å². The van der Waals surface area contributed by atoms with Crippen molar-refractivity contribution in [1.29, 1.82) is 0 Å². The SMILES string of the molecule is O=C1C=CC2=C(CCC(Nc3cc(-c4cccnc4)nc4ccnn34)C2)C1. The fraction of sp³-hybridized carbons (Fsp3) is 0.238. The lowest BCUT2D eigenvalue weighted by Gasteiger charge is -2.29. The van der Waals surface area contributed by atoms with Gasteiger partial charge in [0.15, 0.2) is 11.4 Å². The minimum absolute atomic E-state index is 0.216. The number of carbonyl (C=O) groups excluding carboxylic acids is 1. The summed E-state index contributed by atoms with van der Waals surface area (Å²) in [6.45, 7) is 0. The van der Waals surface area contributed by atoms with Gasteiger partial charge in [0.05, 0.1) is 11.9 Å². The number of nitrogens with zero attached hydrogens (tertiary/aromatic N) is 4. The Balaban J connectivity index is 1.46. The average Bonchev–Trinajstić information content (AvgIpc) is 3.18. The smallest absolute Gasteiger partial charge is 0.159 e. The molecule has 1 N–H and O–H groups in total. The first-order valence-corrected chi connectivity index (χ1v) is 9.20. The van der Waals surface area contributed by atoms with Crippen molar-refractivity contribution in [1.82, 2.24) is 19.6 Å². The topological polar surface area (TPSA) is 72.2 Å². The van der Waals surface area contributed by atoms with Crippen molar-refractivity contribution in [3.05, 3.63) is 66.2 Å². The van der Waals surface area contributed by atoms with Gasteiger partial charge in [0.25, 0.3) is 0 Å². The molecule has 134 valence electrons. The molecule has 27 heavy (non-hydrogen) atoms. The average molecular weight is 357 g/mol. The fourth-order valence-electron chi connectivity index (χ4n) is 3.88. The maximum atomic E-state index is 11.6. The molecule has 6 heteroatoms. The monoisotopic (exact) mass is 357 g/mol. The van der Waals surface area contributed by atoms with Gasteiger partial charge in [-0.05, 0) is 43.0 Å². The lowest BCUT2D eigenvalue weighted by Crippen LogP contribution is -2.26. The molecule has 0 aliphatic heterocycles. The molecule has 1 atom stereocenters. The zero-order valence-electron chi connectivity index (χ0n) is 14.8. The van der Waals surface area contributed by atoms with Crippen molar-refractivity contribution >= 4 is 17.2 Å². The highest BCUT2D eigenvalue weighted by Crippen LogP contribution is 2.33. The van der Waals surface area contributed by atoms with Crippen LogP contribution in [0.25, 0.3) is 16.9 Å². The highest BCUT2D eigenvalue weighted by Gasteiger charge is 2.24. The van der Waals surface area contributed by atoms with Crippen LogP contribution in [0, 0.1) is 0 Å². The number of anilines is 1. The highest BCUT2D eigenvalue weighted by atomic mass is 16.1. The first-order chi connectivity index (χ1) is 13.3. The van der Waals surface area contributed by atoms with E-state index in [1.165, 1.54) is 11.1 Å². The molecule has 3 heterocycles. The molecule has 0 radical (unpaired) electrons. The van der Waals surface area contributed by atoms with Crippen molar-refractivity contribution in [2.75, 3.05) is 5.32 Å². The summed E-state index contributed by atoms with van der Waals surface area (Å²) in [7, 11) is 0. The molecule has 0 fully saturated rings. The molecule has 0 saturated carbocycles. The number of ketones is 1.